The number of para-hydroxylation sites is 1. The van der Waals surface area contributed by atoms with E-state index < -0.39 is 17.8 Å². The number of nitrogens with one attached hydrogen (secondary N) is 1. The minimum absolute atomic E-state index is 0.184. The number of benzene rings is 3. The first kappa shape index (κ1) is 25.0. The normalized spacial score (nSPS) is 14.7. The van der Waals surface area contributed by atoms with Gasteiger partial charge in [-0.1, -0.05) is 55.3 Å². The van der Waals surface area contributed by atoms with Crippen molar-refractivity contribution >= 4 is 41.2 Å². The van der Waals surface area contributed by atoms with E-state index in [1.54, 1.807) is 60.7 Å². The highest BCUT2D eigenvalue weighted by atomic mass is 35.5. The number of nitrogens with zero attached hydrogens (tertiary/aromatic N) is 1. The van der Waals surface area contributed by atoms with Crippen LogP contribution in [0.3, 0.4) is 0 Å². The van der Waals surface area contributed by atoms with Crippen LogP contribution in [0.2, 0.25) is 5.02 Å². The van der Waals surface area contributed by atoms with Crippen LogP contribution in [0.4, 0.5) is 10.5 Å². The first-order chi connectivity index (χ1) is 17.5. The lowest BCUT2D eigenvalue weighted by molar-refractivity contribution is -0.122. The van der Waals surface area contributed by atoms with Gasteiger partial charge in [0, 0.05) is 10.6 Å². The van der Waals surface area contributed by atoms with Gasteiger partial charge in [0.25, 0.3) is 11.8 Å². The Morgan fingerprint density at radius 1 is 0.944 bits per heavy atom. The Balaban J connectivity index is 1.56. The highest BCUT2D eigenvalue weighted by Gasteiger charge is 2.37. The maximum absolute atomic E-state index is 13.3. The molecule has 1 N–H and O–H groups in total. The van der Waals surface area contributed by atoms with Crippen LogP contribution in [0.1, 0.15) is 30.9 Å². The van der Waals surface area contributed by atoms with Crippen molar-refractivity contribution in [2.75, 3.05) is 11.5 Å². The Hall–Kier alpha value is -4.10. The fraction of sp³-hybridized carbons (Fsp3) is 0.179. The van der Waals surface area contributed by atoms with Gasteiger partial charge >= 0.3 is 6.03 Å². The molecule has 0 spiro atoms. The molecule has 3 aromatic rings. The summed E-state index contributed by atoms with van der Waals surface area (Å²) in [7, 11) is 0. The van der Waals surface area contributed by atoms with Crippen molar-refractivity contribution in [3.8, 4) is 11.5 Å². The second kappa shape index (κ2) is 11.6. The number of ether oxygens (including phenoxy) is 2. The number of barbiturate groups is 1. The first-order valence-electron chi connectivity index (χ1n) is 11.6. The first-order valence-corrected chi connectivity index (χ1v) is 11.9. The molecule has 0 atom stereocenters. The number of rotatable bonds is 9. The predicted octanol–water partition coefficient (Wildman–Crippen LogP) is 5.76. The summed E-state index contributed by atoms with van der Waals surface area (Å²) in [5.74, 6) is -0.393. The quantitative estimate of drug-likeness (QED) is 0.227. The number of hydrogen-bond acceptors (Lipinski definition) is 5. The summed E-state index contributed by atoms with van der Waals surface area (Å²) >= 11 is 6.05. The molecule has 0 unspecified atom stereocenters. The van der Waals surface area contributed by atoms with E-state index in [1.165, 1.54) is 6.08 Å². The van der Waals surface area contributed by atoms with E-state index in [9.17, 15) is 14.4 Å². The number of amides is 4. The maximum Gasteiger partial charge on any atom is 0.335 e. The van der Waals surface area contributed by atoms with Crippen molar-refractivity contribution in [2.24, 2.45) is 0 Å². The fourth-order valence-electron chi connectivity index (χ4n) is 3.59. The van der Waals surface area contributed by atoms with Gasteiger partial charge in [0.15, 0.2) is 0 Å². The topological polar surface area (TPSA) is 84.9 Å². The number of carbonyl (C=O) groups excluding carboxylic acids is 3. The monoisotopic (exact) mass is 504 g/mol. The second-order valence-corrected chi connectivity index (χ2v) is 8.55. The lowest BCUT2D eigenvalue weighted by atomic mass is 10.1. The van der Waals surface area contributed by atoms with Gasteiger partial charge in [-0.2, -0.15) is 0 Å². The smallest absolute Gasteiger partial charge is 0.335 e. The Morgan fingerprint density at radius 2 is 1.72 bits per heavy atom. The minimum Gasteiger partial charge on any atom is -0.494 e. The number of anilines is 1. The van der Waals surface area contributed by atoms with E-state index in [2.05, 4.69) is 12.2 Å². The van der Waals surface area contributed by atoms with E-state index in [1.807, 2.05) is 12.1 Å². The summed E-state index contributed by atoms with van der Waals surface area (Å²) in [5.41, 5.74) is 1.53. The molecule has 0 aromatic heterocycles. The van der Waals surface area contributed by atoms with Crippen LogP contribution in [0, 0.1) is 0 Å². The largest absolute Gasteiger partial charge is 0.494 e. The molecule has 1 saturated heterocycles. The zero-order valence-electron chi connectivity index (χ0n) is 19.7. The lowest BCUT2D eigenvalue weighted by Gasteiger charge is -2.26. The van der Waals surface area contributed by atoms with Gasteiger partial charge in [-0.3, -0.25) is 14.9 Å². The number of hydrogen-bond donors (Lipinski definition) is 1. The van der Waals surface area contributed by atoms with Gasteiger partial charge in [-0.15, -0.1) is 0 Å². The zero-order valence-corrected chi connectivity index (χ0v) is 20.5. The molecule has 0 aliphatic carbocycles. The van der Waals surface area contributed by atoms with Crippen LogP contribution in [0.5, 0.6) is 11.5 Å². The third-order valence-corrected chi connectivity index (χ3v) is 5.70. The molecule has 1 heterocycles. The van der Waals surface area contributed by atoms with Gasteiger partial charge in [-0.05, 0) is 60.5 Å². The van der Waals surface area contributed by atoms with E-state index in [4.69, 9.17) is 21.1 Å². The van der Waals surface area contributed by atoms with Crippen molar-refractivity contribution < 1.29 is 23.9 Å². The fourth-order valence-corrected chi connectivity index (χ4v) is 3.81. The minimum atomic E-state index is -0.813. The Kier molecular flexibility index (Phi) is 8.02. The molecule has 0 bridgehead atoms. The van der Waals surface area contributed by atoms with E-state index in [-0.39, 0.29) is 12.2 Å². The van der Waals surface area contributed by atoms with Gasteiger partial charge < -0.3 is 9.47 Å². The van der Waals surface area contributed by atoms with Gasteiger partial charge in [0.1, 0.15) is 23.7 Å². The summed E-state index contributed by atoms with van der Waals surface area (Å²) in [6, 6.07) is 20.1. The summed E-state index contributed by atoms with van der Waals surface area (Å²) in [4.78, 5) is 39.3. The number of carbonyl (C=O) groups is 3. The third-order valence-electron chi connectivity index (χ3n) is 5.47. The van der Waals surface area contributed by atoms with Crippen molar-refractivity contribution in [1.82, 2.24) is 5.32 Å². The lowest BCUT2D eigenvalue weighted by Crippen LogP contribution is -2.54. The number of imide groups is 2. The molecule has 4 rings (SSSR count). The van der Waals surface area contributed by atoms with Crippen molar-refractivity contribution in [2.45, 2.75) is 26.4 Å². The average Bonchev–Trinajstić information content (AvgIpc) is 2.87. The van der Waals surface area contributed by atoms with Gasteiger partial charge in [-0.25, -0.2) is 9.69 Å². The van der Waals surface area contributed by atoms with Crippen LogP contribution >= 0.6 is 11.6 Å². The van der Waals surface area contributed by atoms with Gasteiger partial charge in [0.2, 0.25) is 0 Å². The molecule has 7 nitrogen and oxygen atoms in total. The highest BCUT2D eigenvalue weighted by molar-refractivity contribution is 6.39. The maximum atomic E-state index is 13.3. The second-order valence-electron chi connectivity index (χ2n) is 8.11. The molecule has 3 aromatic carbocycles. The van der Waals surface area contributed by atoms with Crippen LogP contribution in [-0.4, -0.2) is 24.5 Å². The molecule has 0 saturated carbocycles. The van der Waals surface area contributed by atoms with Crippen LogP contribution in [0.15, 0.2) is 78.4 Å². The molecular weight excluding hydrogens is 480 g/mol. The Labute approximate surface area is 214 Å². The molecule has 0 radical (unpaired) electrons. The number of unbranched alkanes of at least 4 members (excludes halogenated alkanes) is 1. The summed E-state index contributed by atoms with van der Waals surface area (Å²) in [6.07, 6.45) is 3.36. The van der Waals surface area contributed by atoms with Crippen LogP contribution < -0.4 is 19.7 Å². The van der Waals surface area contributed by atoms with Crippen LogP contribution in [-0.2, 0) is 16.2 Å². The molecule has 1 fully saturated rings. The molecule has 4 amide bonds. The summed E-state index contributed by atoms with van der Waals surface area (Å²) in [5, 5.41) is 2.84. The molecule has 8 heteroatoms. The molecule has 1 aliphatic rings. The number of halogens is 1. The van der Waals surface area contributed by atoms with E-state index >= 15 is 0 Å². The average molecular weight is 505 g/mol. The third kappa shape index (κ3) is 5.93. The molecule has 184 valence electrons. The Bertz CT molecular complexity index is 1300. The Morgan fingerprint density at radius 3 is 2.47 bits per heavy atom. The SMILES string of the molecule is CCCCOc1ccc(N2C(=O)NC(=O)/C(=C/c3ccccc3OCc3cccc(Cl)c3)C2=O)cc1. The highest BCUT2D eigenvalue weighted by Crippen LogP contribution is 2.27. The van der Waals surface area contributed by atoms with Crippen molar-refractivity contribution in [3.63, 3.8) is 0 Å². The standard InChI is InChI=1S/C28H25ClN2O5/c1-2-3-15-35-23-13-11-22(12-14-23)31-27(33)24(26(32)30-28(31)34)17-20-8-4-5-10-25(20)36-18-19-7-6-9-21(29)16-19/h4-14,16-17H,2-3,15,18H2,1H3,(H,30,32,34)/b24-17-. The zero-order chi connectivity index (χ0) is 25.5. The summed E-state index contributed by atoms with van der Waals surface area (Å²) < 4.78 is 11.6. The van der Waals surface area contributed by atoms with E-state index in [0.717, 1.165) is 23.3 Å². The summed E-state index contributed by atoms with van der Waals surface area (Å²) in [6.45, 7) is 2.90. The van der Waals surface area contributed by atoms with E-state index in [0.29, 0.717) is 34.4 Å². The van der Waals surface area contributed by atoms with Crippen LogP contribution in [0.25, 0.3) is 6.08 Å². The van der Waals surface area contributed by atoms with Crippen molar-refractivity contribution in [3.05, 3.63) is 94.5 Å². The van der Waals surface area contributed by atoms with Gasteiger partial charge in [0.05, 0.1) is 12.3 Å². The van der Waals surface area contributed by atoms with Crippen molar-refractivity contribution in [1.29, 1.82) is 0 Å². The predicted molar refractivity (Wildman–Crippen MR) is 138 cm³/mol. The molecule has 36 heavy (non-hydrogen) atoms. The number of urea groups is 1. The molecule has 1 aliphatic heterocycles. The molecular formula is C28H25ClN2O5.